The molecule has 0 aliphatic carbocycles. The topological polar surface area (TPSA) is 77.3 Å². The molecular formula is C23H20ClF3N4O3. The first-order chi connectivity index (χ1) is 16.2. The van der Waals surface area contributed by atoms with Gasteiger partial charge in [-0.05, 0) is 49.9 Å². The van der Waals surface area contributed by atoms with Crippen molar-refractivity contribution in [2.75, 3.05) is 12.0 Å². The maximum absolute atomic E-state index is 13.7. The van der Waals surface area contributed by atoms with E-state index in [2.05, 4.69) is 15.0 Å². The molecule has 2 unspecified atom stereocenters. The van der Waals surface area contributed by atoms with E-state index in [0.717, 1.165) is 29.7 Å². The smallest absolute Gasteiger partial charge is 0.417 e. The normalized spacial score (nSPS) is 22.3. The van der Waals surface area contributed by atoms with Crippen LogP contribution in [0.25, 0.3) is 11.0 Å². The number of alkyl halides is 3. The molecule has 178 valence electrons. The van der Waals surface area contributed by atoms with Gasteiger partial charge in [0.15, 0.2) is 5.82 Å². The van der Waals surface area contributed by atoms with E-state index in [1.807, 2.05) is 0 Å². The number of fused-ring (bicyclic) bond motifs is 3. The van der Waals surface area contributed by atoms with Crippen molar-refractivity contribution in [2.24, 2.45) is 5.92 Å². The van der Waals surface area contributed by atoms with Crippen molar-refractivity contribution in [1.29, 1.82) is 0 Å². The zero-order chi connectivity index (χ0) is 24.2. The van der Waals surface area contributed by atoms with Crippen LogP contribution in [0.2, 0.25) is 5.02 Å². The molecule has 0 saturated carbocycles. The van der Waals surface area contributed by atoms with E-state index in [1.54, 1.807) is 18.3 Å². The third-order valence-electron chi connectivity index (χ3n) is 6.66. The number of rotatable bonds is 3. The van der Waals surface area contributed by atoms with E-state index in [1.165, 1.54) is 13.2 Å². The van der Waals surface area contributed by atoms with Gasteiger partial charge in [-0.3, -0.25) is 14.6 Å². The summed E-state index contributed by atoms with van der Waals surface area (Å²) in [6.07, 6.45) is -0.426. The molecule has 0 N–H and O–H groups in total. The minimum atomic E-state index is -4.77. The molecule has 2 saturated heterocycles. The molecule has 2 bridgehead atoms. The number of aromatic nitrogens is 3. The third-order valence-corrected chi connectivity index (χ3v) is 6.97. The molecule has 2 aliphatic heterocycles. The van der Waals surface area contributed by atoms with Crippen LogP contribution < -0.4 is 4.90 Å². The highest BCUT2D eigenvalue weighted by Crippen LogP contribution is 2.43. The van der Waals surface area contributed by atoms with Crippen LogP contribution in [-0.2, 0) is 15.7 Å². The van der Waals surface area contributed by atoms with Gasteiger partial charge in [0.2, 0.25) is 0 Å². The number of benzene rings is 1. The number of esters is 1. The van der Waals surface area contributed by atoms with Gasteiger partial charge in [0.05, 0.1) is 34.7 Å². The Bertz CT molecular complexity index is 1280. The summed E-state index contributed by atoms with van der Waals surface area (Å²) in [5, 5.41) is 4.16. The summed E-state index contributed by atoms with van der Waals surface area (Å²) in [6.45, 7) is 0. The van der Waals surface area contributed by atoms with E-state index in [0.29, 0.717) is 24.2 Å². The predicted octanol–water partition coefficient (Wildman–Crippen LogP) is 4.71. The van der Waals surface area contributed by atoms with Gasteiger partial charge in [0.1, 0.15) is 5.52 Å². The second kappa shape index (κ2) is 8.26. The van der Waals surface area contributed by atoms with Crippen LogP contribution in [0.1, 0.15) is 41.6 Å². The lowest BCUT2D eigenvalue weighted by atomic mass is 9.90. The number of ether oxygens (including phenoxy) is 1. The Kier molecular flexibility index (Phi) is 5.50. The Hall–Kier alpha value is -3.14. The van der Waals surface area contributed by atoms with Crippen molar-refractivity contribution in [2.45, 2.75) is 43.9 Å². The molecule has 5 rings (SSSR count). The van der Waals surface area contributed by atoms with Gasteiger partial charge in [-0.25, -0.2) is 0 Å². The van der Waals surface area contributed by atoms with Crippen molar-refractivity contribution < 1.29 is 27.5 Å². The Morgan fingerprint density at radius 1 is 1.12 bits per heavy atom. The summed E-state index contributed by atoms with van der Waals surface area (Å²) >= 11 is 6.07. The van der Waals surface area contributed by atoms with Gasteiger partial charge in [0, 0.05) is 18.3 Å². The summed E-state index contributed by atoms with van der Waals surface area (Å²) in [6, 6.07) is 6.36. The average molecular weight is 493 g/mol. The molecule has 11 heteroatoms. The lowest BCUT2D eigenvalue weighted by Crippen LogP contribution is -2.45. The highest BCUT2D eigenvalue weighted by molar-refractivity contribution is 6.34. The van der Waals surface area contributed by atoms with Crippen molar-refractivity contribution in [3.05, 3.63) is 52.7 Å². The molecule has 0 amide bonds. The summed E-state index contributed by atoms with van der Waals surface area (Å²) in [4.78, 5) is 32.0. The fraction of sp³-hybridized carbons (Fsp3) is 0.391. The summed E-state index contributed by atoms with van der Waals surface area (Å²) in [7, 11) is 1.37. The Morgan fingerprint density at radius 2 is 1.82 bits per heavy atom. The third kappa shape index (κ3) is 3.60. The molecule has 4 heterocycles. The minimum absolute atomic E-state index is 0.0162. The maximum atomic E-state index is 13.7. The largest absolute Gasteiger partial charge is 0.469 e. The number of anilines is 1. The van der Waals surface area contributed by atoms with Crippen LogP contribution in [0.5, 0.6) is 0 Å². The molecule has 2 fully saturated rings. The zero-order valence-electron chi connectivity index (χ0n) is 18.1. The standard InChI is InChI=1S/C23H20ClF3N4O3/c1-34-22(33)12-10-13-7-8-14(11-12)30(13)20-19-17(6-3-9-28-19)31(29-20)21(32)18-15(23(25,26)27)4-2-5-16(18)24/h2-6,9,12-14H,7-8,10-11H2,1H3. The number of hydrogen-bond donors (Lipinski definition) is 0. The van der Waals surface area contributed by atoms with Crippen LogP contribution >= 0.6 is 11.6 Å². The van der Waals surface area contributed by atoms with Gasteiger partial charge in [-0.15, -0.1) is 5.10 Å². The predicted molar refractivity (Wildman–Crippen MR) is 118 cm³/mol. The minimum Gasteiger partial charge on any atom is -0.469 e. The molecule has 2 atom stereocenters. The number of carbonyl (C=O) groups excluding carboxylic acids is 2. The van der Waals surface area contributed by atoms with Crippen molar-refractivity contribution in [1.82, 2.24) is 14.8 Å². The summed E-state index contributed by atoms with van der Waals surface area (Å²) < 4.78 is 46.8. The number of halogens is 4. The van der Waals surface area contributed by atoms with Gasteiger partial charge < -0.3 is 9.64 Å². The van der Waals surface area contributed by atoms with Crippen LogP contribution in [0.15, 0.2) is 36.5 Å². The van der Waals surface area contributed by atoms with E-state index < -0.39 is 23.2 Å². The molecule has 2 aromatic heterocycles. The van der Waals surface area contributed by atoms with E-state index in [9.17, 15) is 22.8 Å². The van der Waals surface area contributed by atoms with Gasteiger partial charge in [-0.2, -0.15) is 17.9 Å². The van der Waals surface area contributed by atoms with Gasteiger partial charge >= 0.3 is 12.1 Å². The molecule has 1 aromatic carbocycles. The second-order valence-electron chi connectivity index (χ2n) is 8.56. The highest BCUT2D eigenvalue weighted by Gasteiger charge is 2.45. The quantitative estimate of drug-likeness (QED) is 0.493. The van der Waals surface area contributed by atoms with Crippen LogP contribution in [0.3, 0.4) is 0 Å². The van der Waals surface area contributed by atoms with Crippen LogP contribution in [0.4, 0.5) is 19.0 Å². The number of carbonyl (C=O) groups is 2. The lowest BCUT2D eigenvalue weighted by Gasteiger charge is -2.38. The Labute approximate surface area is 197 Å². The summed E-state index contributed by atoms with van der Waals surface area (Å²) in [5.74, 6) is -1.04. The first kappa shape index (κ1) is 22.6. The number of hydrogen-bond acceptors (Lipinski definition) is 6. The van der Waals surface area contributed by atoms with E-state index in [4.69, 9.17) is 16.3 Å². The molecule has 3 aromatic rings. The summed E-state index contributed by atoms with van der Waals surface area (Å²) in [5.41, 5.74) is -1.10. The second-order valence-corrected chi connectivity index (χ2v) is 8.96. The van der Waals surface area contributed by atoms with Crippen molar-refractivity contribution in [3.8, 4) is 0 Å². The van der Waals surface area contributed by atoms with Crippen LogP contribution in [0, 0.1) is 5.92 Å². The van der Waals surface area contributed by atoms with Gasteiger partial charge in [0.25, 0.3) is 5.91 Å². The molecule has 0 radical (unpaired) electrons. The highest BCUT2D eigenvalue weighted by atomic mass is 35.5. The number of nitrogens with zero attached hydrogens (tertiary/aromatic N) is 4. The zero-order valence-corrected chi connectivity index (χ0v) is 18.8. The Morgan fingerprint density at radius 3 is 2.47 bits per heavy atom. The van der Waals surface area contributed by atoms with Crippen LogP contribution in [-0.4, -0.2) is 45.8 Å². The SMILES string of the molecule is COC(=O)C1CC2CCC(C1)N2c1nn(C(=O)c2c(Cl)cccc2C(F)(F)F)c2cccnc12. The molecule has 0 spiro atoms. The Balaban J connectivity index is 1.60. The average Bonchev–Trinajstić information content (AvgIpc) is 3.30. The number of piperidine rings is 1. The fourth-order valence-corrected chi connectivity index (χ4v) is 5.49. The fourth-order valence-electron chi connectivity index (χ4n) is 5.23. The number of methoxy groups -OCH3 is 1. The molecule has 7 nitrogen and oxygen atoms in total. The molecular weight excluding hydrogens is 473 g/mol. The van der Waals surface area contributed by atoms with E-state index >= 15 is 0 Å². The van der Waals surface area contributed by atoms with E-state index in [-0.39, 0.29) is 34.5 Å². The molecule has 34 heavy (non-hydrogen) atoms. The maximum Gasteiger partial charge on any atom is 0.417 e. The number of pyridine rings is 1. The van der Waals surface area contributed by atoms with Gasteiger partial charge in [-0.1, -0.05) is 17.7 Å². The lowest BCUT2D eigenvalue weighted by molar-refractivity contribution is -0.146. The molecule has 2 aliphatic rings. The monoisotopic (exact) mass is 492 g/mol. The first-order valence-electron chi connectivity index (χ1n) is 10.8. The van der Waals surface area contributed by atoms with Crippen molar-refractivity contribution in [3.63, 3.8) is 0 Å². The van der Waals surface area contributed by atoms with Crippen molar-refractivity contribution >= 4 is 40.3 Å². The first-order valence-corrected chi connectivity index (χ1v) is 11.2.